The predicted octanol–water partition coefficient (Wildman–Crippen LogP) is 3.35. The van der Waals surface area contributed by atoms with Crippen LogP contribution in [0.15, 0.2) is 24.5 Å². The Kier molecular flexibility index (Phi) is 4.10. The van der Waals surface area contributed by atoms with Crippen molar-refractivity contribution in [3.63, 3.8) is 0 Å². The lowest BCUT2D eigenvalue weighted by molar-refractivity contribution is -0.145. The Morgan fingerprint density at radius 2 is 2.04 bits per heavy atom. The second-order valence-corrected chi connectivity index (χ2v) is 7.40. The Bertz CT molecular complexity index is 561. The molecule has 3 aliphatic rings. The van der Waals surface area contributed by atoms with E-state index in [-0.39, 0.29) is 30.0 Å². The number of ether oxygens (including phenoxy) is 2. The van der Waals surface area contributed by atoms with E-state index in [0.29, 0.717) is 18.4 Å². The van der Waals surface area contributed by atoms with Gasteiger partial charge in [-0.3, -0.25) is 9.78 Å². The van der Waals surface area contributed by atoms with Gasteiger partial charge in [-0.25, -0.2) is 0 Å². The molecule has 0 spiro atoms. The van der Waals surface area contributed by atoms with Crippen molar-refractivity contribution in [3.8, 4) is 0 Å². The molecule has 0 N–H and O–H groups in total. The maximum absolute atomic E-state index is 12.2. The van der Waals surface area contributed by atoms with E-state index < -0.39 is 0 Å². The summed E-state index contributed by atoms with van der Waals surface area (Å²) in [5, 5.41) is 0. The lowest BCUT2D eigenvalue weighted by Gasteiger charge is -2.46. The predicted molar refractivity (Wildman–Crippen MR) is 85.4 cm³/mol. The first kappa shape index (κ1) is 15.1. The smallest absolute Gasteiger partial charge is 0.309 e. The number of aromatic nitrogens is 1. The Hall–Kier alpha value is -1.42. The van der Waals surface area contributed by atoms with Crippen LogP contribution in [0, 0.1) is 23.7 Å². The van der Waals surface area contributed by atoms with Gasteiger partial charge in [0.2, 0.25) is 0 Å². The second kappa shape index (κ2) is 6.23. The van der Waals surface area contributed by atoms with Crippen molar-refractivity contribution in [1.82, 2.24) is 4.98 Å². The zero-order valence-electron chi connectivity index (χ0n) is 13.7. The first-order valence-electron chi connectivity index (χ1n) is 8.95. The number of hydrogen-bond donors (Lipinski definition) is 0. The van der Waals surface area contributed by atoms with Crippen molar-refractivity contribution in [3.05, 3.63) is 30.1 Å². The summed E-state index contributed by atoms with van der Waals surface area (Å²) in [5.74, 6) is 1.49. The first-order chi connectivity index (χ1) is 11.2. The van der Waals surface area contributed by atoms with E-state index in [0.717, 1.165) is 12.0 Å². The number of carbonyl (C=O) groups excluding carboxylic acids is 1. The molecule has 0 radical (unpaired) electrons. The molecule has 3 fully saturated rings. The van der Waals surface area contributed by atoms with Gasteiger partial charge in [0, 0.05) is 18.3 Å². The summed E-state index contributed by atoms with van der Waals surface area (Å²) in [6, 6.07) is 4.00. The molecule has 4 heteroatoms. The van der Waals surface area contributed by atoms with E-state index in [1.807, 2.05) is 19.1 Å². The zero-order chi connectivity index (χ0) is 15.8. The highest BCUT2D eigenvalue weighted by Crippen LogP contribution is 2.51. The normalized spacial score (nSPS) is 39.4. The van der Waals surface area contributed by atoms with Gasteiger partial charge in [-0.2, -0.15) is 0 Å². The average Bonchev–Trinajstić information content (AvgIpc) is 2.87. The van der Waals surface area contributed by atoms with Crippen LogP contribution < -0.4 is 0 Å². The van der Waals surface area contributed by atoms with Crippen LogP contribution >= 0.6 is 0 Å². The first-order valence-corrected chi connectivity index (χ1v) is 8.95. The summed E-state index contributed by atoms with van der Waals surface area (Å²) in [6.45, 7) is 2.63. The van der Waals surface area contributed by atoms with Gasteiger partial charge in [0.15, 0.2) is 0 Å². The number of cyclic esters (lactones) is 1. The molecule has 23 heavy (non-hydrogen) atoms. The molecular weight excluding hydrogens is 290 g/mol. The van der Waals surface area contributed by atoms with Crippen LogP contribution in [0.2, 0.25) is 0 Å². The van der Waals surface area contributed by atoms with E-state index in [4.69, 9.17) is 9.47 Å². The van der Waals surface area contributed by atoms with Gasteiger partial charge in [-0.15, -0.1) is 0 Å². The van der Waals surface area contributed by atoms with Gasteiger partial charge in [0.25, 0.3) is 0 Å². The van der Waals surface area contributed by atoms with Gasteiger partial charge in [-0.1, -0.05) is 19.3 Å². The van der Waals surface area contributed by atoms with Gasteiger partial charge >= 0.3 is 5.97 Å². The summed E-state index contributed by atoms with van der Waals surface area (Å²) in [4.78, 5) is 16.3. The van der Waals surface area contributed by atoms with Gasteiger partial charge in [-0.05, 0) is 49.3 Å². The Morgan fingerprint density at radius 1 is 1.26 bits per heavy atom. The third-order valence-corrected chi connectivity index (χ3v) is 6.13. The van der Waals surface area contributed by atoms with E-state index >= 15 is 0 Å². The van der Waals surface area contributed by atoms with Crippen LogP contribution in [0.1, 0.15) is 44.6 Å². The monoisotopic (exact) mass is 315 g/mol. The molecule has 1 aromatic heterocycles. The molecule has 6 atom stereocenters. The SMILES string of the molecule is C[C@@H]1OC(=O)[C@H]2C[C@H]3CCCC[C@@H]3[C@@H](OCc3ccncc3)[C@H]12. The molecule has 0 bridgehead atoms. The topological polar surface area (TPSA) is 48.4 Å². The van der Waals surface area contributed by atoms with Crippen LogP contribution in [-0.4, -0.2) is 23.2 Å². The lowest BCUT2D eigenvalue weighted by atomic mass is 9.61. The third kappa shape index (κ3) is 2.78. The molecule has 0 amide bonds. The molecule has 1 aromatic rings. The van der Waals surface area contributed by atoms with Crippen LogP contribution in [0.25, 0.3) is 0 Å². The Labute approximate surface area is 137 Å². The largest absolute Gasteiger partial charge is 0.462 e. The van der Waals surface area contributed by atoms with E-state index in [1.54, 1.807) is 12.4 Å². The lowest BCUT2D eigenvalue weighted by Crippen LogP contribution is -2.48. The second-order valence-electron chi connectivity index (χ2n) is 7.40. The molecular formula is C19H25NO3. The molecule has 0 unspecified atom stereocenters. The highest BCUT2D eigenvalue weighted by molar-refractivity contribution is 5.75. The summed E-state index contributed by atoms with van der Waals surface area (Å²) in [5.41, 5.74) is 1.15. The number of fused-ring (bicyclic) bond motifs is 2. The summed E-state index contributed by atoms with van der Waals surface area (Å²) < 4.78 is 12.0. The average molecular weight is 315 g/mol. The highest BCUT2D eigenvalue weighted by Gasteiger charge is 2.55. The molecule has 0 aromatic carbocycles. The molecule has 4 nitrogen and oxygen atoms in total. The minimum absolute atomic E-state index is 0.00374. The minimum Gasteiger partial charge on any atom is -0.462 e. The van der Waals surface area contributed by atoms with Crippen molar-refractivity contribution in [2.45, 2.75) is 57.8 Å². The number of pyridine rings is 1. The molecule has 2 aliphatic carbocycles. The summed E-state index contributed by atoms with van der Waals surface area (Å²) in [7, 11) is 0. The van der Waals surface area contributed by atoms with E-state index in [1.165, 1.54) is 25.7 Å². The van der Waals surface area contributed by atoms with E-state index in [9.17, 15) is 4.79 Å². The van der Waals surface area contributed by atoms with Gasteiger partial charge in [0.05, 0.1) is 18.6 Å². The van der Waals surface area contributed by atoms with Crippen molar-refractivity contribution in [2.24, 2.45) is 23.7 Å². The standard InChI is InChI=1S/C19H25NO3/c1-12-17-16(19(21)23-12)10-14-4-2-3-5-15(14)18(17)22-11-13-6-8-20-9-7-13/h6-9,12,14-18H,2-5,10-11H2,1H3/t12-,14+,15-,16-,17+,18+/m0/s1. The van der Waals surface area contributed by atoms with E-state index in [2.05, 4.69) is 4.98 Å². The third-order valence-electron chi connectivity index (χ3n) is 6.13. The fraction of sp³-hybridized carbons (Fsp3) is 0.684. The number of esters is 1. The van der Waals surface area contributed by atoms with Crippen molar-refractivity contribution >= 4 is 5.97 Å². The molecule has 1 saturated heterocycles. The van der Waals surface area contributed by atoms with Crippen molar-refractivity contribution in [2.75, 3.05) is 0 Å². The Balaban J connectivity index is 1.56. The maximum atomic E-state index is 12.2. The fourth-order valence-corrected chi connectivity index (χ4v) is 5.06. The minimum atomic E-state index is -0.0159. The Morgan fingerprint density at radius 3 is 2.87 bits per heavy atom. The molecule has 2 heterocycles. The van der Waals surface area contributed by atoms with Crippen LogP contribution in [0.5, 0.6) is 0 Å². The number of rotatable bonds is 3. The van der Waals surface area contributed by atoms with Gasteiger partial charge < -0.3 is 9.47 Å². The van der Waals surface area contributed by atoms with Crippen LogP contribution in [0.4, 0.5) is 0 Å². The van der Waals surface area contributed by atoms with Gasteiger partial charge in [0.1, 0.15) is 6.10 Å². The zero-order valence-corrected chi connectivity index (χ0v) is 13.7. The highest BCUT2D eigenvalue weighted by atomic mass is 16.6. The van der Waals surface area contributed by atoms with Crippen molar-refractivity contribution < 1.29 is 14.3 Å². The fourth-order valence-electron chi connectivity index (χ4n) is 5.06. The van der Waals surface area contributed by atoms with Crippen LogP contribution in [0.3, 0.4) is 0 Å². The number of carbonyl (C=O) groups is 1. The summed E-state index contributed by atoms with van der Waals surface area (Å²) >= 11 is 0. The maximum Gasteiger partial charge on any atom is 0.309 e. The summed E-state index contributed by atoms with van der Waals surface area (Å²) in [6.07, 6.45) is 9.80. The number of nitrogens with zero attached hydrogens (tertiary/aromatic N) is 1. The van der Waals surface area contributed by atoms with Crippen molar-refractivity contribution in [1.29, 1.82) is 0 Å². The molecule has 124 valence electrons. The quantitative estimate of drug-likeness (QED) is 0.803. The van der Waals surface area contributed by atoms with Crippen LogP contribution in [-0.2, 0) is 20.9 Å². The molecule has 4 rings (SSSR count). The molecule has 2 saturated carbocycles. The molecule has 1 aliphatic heterocycles. The number of hydrogen-bond acceptors (Lipinski definition) is 4.